The molecule has 0 saturated heterocycles. The summed E-state index contributed by atoms with van der Waals surface area (Å²) in [5.41, 5.74) is 9.86. The summed E-state index contributed by atoms with van der Waals surface area (Å²) in [6.45, 7) is 4.01. The molecule has 0 aliphatic heterocycles. The highest BCUT2D eigenvalue weighted by Gasteiger charge is 2.13. The topological polar surface area (TPSA) is 56.7 Å². The van der Waals surface area contributed by atoms with Crippen LogP contribution < -0.4 is 5.73 Å². The van der Waals surface area contributed by atoms with Gasteiger partial charge >= 0.3 is 0 Å². The summed E-state index contributed by atoms with van der Waals surface area (Å²) in [6.07, 6.45) is 0. The van der Waals surface area contributed by atoms with E-state index < -0.39 is 0 Å². The average molecular weight is 238 g/mol. The number of pyridine rings is 1. The molecule has 0 bridgehead atoms. The van der Waals surface area contributed by atoms with Crippen LogP contribution in [0.15, 0.2) is 36.4 Å². The zero-order chi connectivity index (χ0) is 12.7. The fraction of sp³-hybridized carbons (Fsp3) is 0.143. The number of aromatic nitrogens is 3. The van der Waals surface area contributed by atoms with Crippen LogP contribution in [0.4, 0.5) is 5.82 Å². The lowest BCUT2D eigenvalue weighted by Crippen LogP contribution is -1.98. The van der Waals surface area contributed by atoms with E-state index in [4.69, 9.17) is 5.73 Å². The van der Waals surface area contributed by atoms with Crippen molar-refractivity contribution in [1.29, 1.82) is 0 Å². The minimum atomic E-state index is 0.527. The second-order valence-electron chi connectivity index (χ2n) is 4.41. The number of nitrogen functional groups attached to an aromatic ring is 1. The quantitative estimate of drug-likeness (QED) is 0.709. The summed E-state index contributed by atoms with van der Waals surface area (Å²) in [6, 6.07) is 11.9. The molecular weight excluding hydrogens is 224 g/mol. The van der Waals surface area contributed by atoms with Crippen molar-refractivity contribution in [1.82, 2.24) is 14.8 Å². The van der Waals surface area contributed by atoms with Crippen molar-refractivity contribution in [2.75, 3.05) is 5.73 Å². The molecule has 0 unspecified atom stereocenters. The number of hydrogen-bond donors (Lipinski definition) is 1. The predicted octanol–water partition coefficient (Wildman–Crippen LogP) is 2.62. The molecule has 1 aromatic carbocycles. The van der Waals surface area contributed by atoms with Crippen LogP contribution in [0.1, 0.15) is 11.3 Å². The summed E-state index contributed by atoms with van der Waals surface area (Å²) in [7, 11) is 0. The molecule has 2 aromatic heterocycles. The molecule has 0 amide bonds. The molecule has 0 aliphatic carbocycles. The fourth-order valence-corrected chi connectivity index (χ4v) is 2.24. The highest BCUT2D eigenvalue weighted by molar-refractivity contribution is 5.90. The molecular formula is C14H14N4. The molecule has 0 atom stereocenters. The highest BCUT2D eigenvalue weighted by Crippen LogP contribution is 2.25. The first-order chi connectivity index (χ1) is 8.66. The van der Waals surface area contributed by atoms with Crippen LogP contribution in [0.5, 0.6) is 0 Å². The molecule has 4 heteroatoms. The Balaban J connectivity index is 2.38. The highest BCUT2D eigenvalue weighted by atomic mass is 15.3. The first-order valence-electron chi connectivity index (χ1n) is 5.84. The summed E-state index contributed by atoms with van der Waals surface area (Å²) in [4.78, 5) is 4.55. The second kappa shape index (κ2) is 3.84. The molecule has 18 heavy (non-hydrogen) atoms. The van der Waals surface area contributed by atoms with Crippen molar-refractivity contribution in [2.45, 2.75) is 13.8 Å². The van der Waals surface area contributed by atoms with Gasteiger partial charge in [-0.05, 0) is 37.6 Å². The molecule has 0 radical (unpaired) electrons. The number of anilines is 1. The van der Waals surface area contributed by atoms with Crippen molar-refractivity contribution in [3.8, 4) is 5.69 Å². The Labute approximate surface area is 105 Å². The van der Waals surface area contributed by atoms with Crippen LogP contribution in [-0.4, -0.2) is 14.8 Å². The van der Waals surface area contributed by atoms with Gasteiger partial charge in [0.15, 0.2) is 11.5 Å². The van der Waals surface area contributed by atoms with E-state index in [9.17, 15) is 0 Å². The second-order valence-corrected chi connectivity index (χ2v) is 4.41. The van der Waals surface area contributed by atoms with E-state index in [2.05, 4.69) is 10.1 Å². The Kier molecular flexibility index (Phi) is 2.30. The number of rotatable bonds is 1. The van der Waals surface area contributed by atoms with Gasteiger partial charge < -0.3 is 5.73 Å². The third-order valence-corrected chi connectivity index (χ3v) is 2.99. The standard InChI is InChI=1S/C14H14N4/c1-9-8-10(2)16-14-12(9)13(15)17-18(14)11-6-4-3-5-7-11/h3-8H,1-2H3,(H2,15,17). The van der Waals surface area contributed by atoms with Gasteiger partial charge in [0.05, 0.1) is 11.1 Å². The number of benzene rings is 1. The van der Waals surface area contributed by atoms with Gasteiger partial charge in [0.1, 0.15) is 0 Å². The Hall–Kier alpha value is -2.36. The first-order valence-corrected chi connectivity index (χ1v) is 5.84. The van der Waals surface area contributed by atoms with E-state index in [1.807, 2.05) is 50.2 Å². The SMILES string of the molecule is Cc1cc(C)c2c(N)nn(-c3ccccc3)c2n1. The van der Waals surface area contributed by atoms with Gasteiger partial charge in [-0.1, -0.05) is 18.2 Å². The Morgan fingerprint density at radius 2 is 1.83 bits per heavy atom. The van der Waals surface area contributed by atoms with E-state index >= 15 is 0 Å². The monoisotopic (exact) mass is 238 g/mol. The fourth-order valence-electron chi connectivity index (χ4n) is 2.24. The molecule has 0 spiro atoms. The number of aryl methyl sites for hydroxylation is 2. The van der Waals surface area contributed by atoms with Gasteiger partial charge in [-0.25, -0.2) is 9.67 Å². The van der Waals surface area contributed by atoms with E-state index in [0.717, 1.165) is 28.0 Å². The summed E-state index contributed by atoms with van der Waals surface area (Å²) in [5, 5.41) is 5.33. The van der Waals surface area contributed by atoms with Gasteiger partial charge in [0, 0.05) is 5.69 Å². The Bertz CT molecular complexity index is 713. The molecule has 90 valence electrons. The molecule has 4 nitrogen and oxygen atoms in total. The maximum Gasteiger partial charge on any atom is 0.165 e. The Morgan fingerprint density at radius 1 is 1.11 bits per heavy atom. The number of fused-ring (bicyclic) bond motifs is 1. The number of nitrogens with two attached hydrogens (primary N) is 1. The molecule has 3 aromatic rings. The van der Waals surface area contributed by atoms with Crippen molar-refractivity contribution in [2.24, 2.45) is 0 Å². The third kappa shape index (κ3) is 1.54. The lowest BCUT2D eigenvalue weighted by molar-refractivity contribution is 0.899. The van der Waals surface area contributed by atoms with Crippen LogP contribution in [0.3, 0.4) is 0 Å². The zero-order valence-corrected chi connectivity index (χ0v) is 10.4. The van der Waals surface area contributed by atoms with E-state index in [-0.39, 0.29) is 0 Å². The third-order valence-electron chi connectivity index (χ3n) is 2.99. The van der Waals surface area contributed by atoms with Gasteiger partial charge in [0.25, 0.3) is 0 Å². The molecule has 2 heterocycles. The lowest BCUT2D eigenvalue weighted by atomic mass is 10.2. The van der Waals surface area contributed by atoms with Gasteiger partial charge in [-0.15, -0.1) is 5.10 Å². The zero-order valence-electron chi connectivity index (χ0n) is 10.4. The largest absolute Gasteiger partial charge is 0.382 e. The minimum absolute atomic E-state index is 0.527. The smallest absolute Gasteiger partial charge is 0.165 e. The molecule has 0 fully saturated rings. The van der Waals surface area contributed by atoms with Crippen LogP contribution in [0.25, 0.3) is 16.7 Å². The van der Waals surface area contributed by atoms with Gasteiger partial charge in [-0.3, -0.25) is 0 Å². The first kappa shape index (κ1) is 10.8. The van der Waals surface area contributed by atoms with Gasteiger partial charge in [0.2, 0.25) is 0 Å². The molecule has 0 saturated carbocycles. The van der Waals surface area contributed by atoms with Crippen LogP contribution in [0, 0.1) is 13.8 Å². The van der Waals surface area contributed by atoms with E-state index in [0.29, 0.717) is 5.82 Å². The summed E-state index contributed by atoms with van der Waals surface area (Å²) in [5.74, 6) is 0.527. The van der Waals surface area contributed by atoms with Crippen LogP contribution in [0.2, 0.25) is 0 Å². The summed E-state index contributed by atoms with van der Waals surface area (Å²) < 4.78 is 1.80. The number of hydrogen-bond acceptors (Lipinski definition) is 3. The van der Waals surface area contributed by atoms with Crippen LogP contribution in [-0.2, 0) is 0 Å². The minimum Gasteiger partial charge on any atom is -0.382 e. The normalized spacial score (nSPS) is 11.0. The number of para-hydroxylation sites is 1. The van der Waals surface area contributed by atoms with Crippen molar-refractivity contribution in [3.05, 3.63) is 47.7 Å². The maximum atomic E-state index is 5.99. The summed E-state index contributed by atoms with van der Waals surface area (Å²) >= 11 is 0. The van der Waals surface area contributed by atoms with E-state index in [1.165, 1.54) is 0 Å². The molecule has 3 rings (SSSR count). The molecule has 0 aliphatic rings. The van der Waals surface area contributed by atoms with Crippen molar-refractivity contribution in [3.63, 3.8) is 0 Å². The van der Waals surface area contributed by atoms with Crippen molar-refractivity contribution >= 4 is 16.9 Å². The maximum absolute atomic E-state index is 5.99. The van der Waals surface area contributed by atoms with Crippen LogP contribution >= 0.6 is 0 Å². The lowest BCUT2D eigenvalue weighted by Gasteiger charge is -2.03. The molecule has 2 N–H and O–H groups in total. The predicted molar refractivity (Wildman–Crippen MR) is 72.8 cm³/mol. The van der Waals surface area contributed by atoms with Crippen molar-refractivity contribution < 1.29 is 0 Å². The van der Waals surface area contributed by atoms with E-state index in [1.54, 1.807) is 4.68 Å². The Morgan fingerprint density at radius 3 is 2.56 bits per heavy atom. The number of nitrogens with zero attached hydrogens (tertiary/aromatic N) is 3. The average Bonchev–Trinajstić information content (AvgIpc) is 2.67. The van der Waals surface area contributed by atoms with Gasteiger partial charge in [-0.2, -0.15) is 0 Å².